The molecule has 98 valence electrons. The molecule has 1 aliphatic rings. The zero-order valence-corrected chi connectivity index (χ0v) is 11.3. The smallest absolute Gasteiger partial charge is 0.123 e. The van der Waals surface area contributed by atoms with Crippen molar-refractivity contribution in [2.45, 2.75) is 32.0 Å². The Balaban J connectivity index is 1.92. The van der Waals surface area contributed by atoms with E-state index >= 15 is 0 Å². The second kappa shape index (κ2) is 4.39. The number of hydrogen-bond acceptors (Lipinski definition) is 2. The van der Waals surface area contributed by atoms with Gasteiger partial charge in [0.15, 0.2) is 0 Å². The number of aliphatic hydroxyl groups excluding tert-OH is 1. The van der Waals surface area contributed by atoms with E-state index in [9.17, 15) is 5.11 Å². The first-order valence-corrected chi connectivity index (χ1v) is 6.60. The lowest BCUT2D eigenvalue weighted by Gasteiger charge is -2.16. The lowest BCUT2D eigenvalue weighted by atomic mass is 9.96. The molecule has 0 saturated heterocycles. The maximum atomic E-state index is 10.4. The molecule has 0 radical (unpaired) electrons. The Labute approximate surface area is 113 Å². The Kier molecular flexibility index (Phi) is 2.83. The number of rotatable bonds is 2. The Hall–Kier alpha value is -1.80. The molecular formula is C17H18O2. The van der Waals surface area contributed by atoms with Gasteiger partial charge in [0.1, 0.15) is 17.5 Å². The number of fused-ring (bicyclic) bond motifs is 1. The average Bonchev–Trinajstić information content (AvgIpc) is 2.71. The van der Waals surface area contributed by atoms with Crippen LogP contribution < -0.4 is 4.74 Å². The normalized spacial score (nSPS) is 17.6. The average molecular weight is 254 g/mol. The van der Waals surface area contributed by atoms with Crippen LogP contribution in [-0.4, -0.2) is 10.7 Å². The van der Waals surface area contributed by atoms with Crippen molar-refractivity contribution >= 4 is 0 Å². The third-order valence-electron chi connectivity index (χ3n) is 3.52. The molecular weight excluding hydrogens is 236 g/mol. The molecule has 1 heterocycles. The Bertz CT molecular complexity index is 587. The lowest BCUT2D eigenvalue weighted by Crippen LogP contribution is -2.24. The van der Waals surface area contributed by atoms with Crippen LogP contribution in [0.1, 0.15) is 36.6 Å². The highest BCUT2D eigenvalue weighted by atomic mass is 16.5. The molecule has 1 N–H and O–H groups in total. The van der Waals surface area contributed by atoms with Gasteiger partial charge in [-0.05, 0) is 42.7 Å². The van der Waals surface area contributed by atoms with Gasteiger partial charge in [0.2, 0.25) is 0 Å². The van der Waals surface area contributed by atoms with Crippen LogP contribution in [0.25, 0.3) is 0 Å². The summed E-state index contributed by atoms with van der Waals surface area (Å²) >= 11 is 0. The third-order valence-corrected chi connectivity index (χ3v) is 3.52. The van der Waals surface area contributed by atoms with Crippen LogP contribution in [0.4, 0.5) is 0 Å². The van der Waals surface area contributed by atoms with Gasteiger partial charge < -0.3 is 9.84 Å². The van der Waals surface area contributed by atoms with Crippen molar-refractivity contribution in [1.82, 2.24) is 0 Å². The number of ether oxygens (including phenoxy) is 1. The minimum atomic E-state index is -0.574. The SMILES string of the molecule is CC1(C)Cc2cc(C(O)c3ccccc3)ccc2O1. The molecule has 0 aliphatic carbocycles. The first-order valence-electron chi connectivity index (χ1n) is 6.60. The van der Waals surface area contributed by atoms with Gasteiger partial charge >= 0.3 is 0 Å². The molecule has 0 aromatic heterocycles. The van der Waals surface area contributed by atoms with E-state index in [-0.39, 0.29) is 5.60 Å². The fourth-order valence-electron chi connectivity index (χ4n) is 2.63. The highest BCUT2D eigenvalue weighted by molar-refractivity contribution is 5.44. The van der Waals surface area contributed by atoms with Crippen LogP contribution in [0.5, 0.6) is 5.75 Å². The van der Waals surface area contributed by atoms with Crippen molar-refractivity contribution in [2.75, 3.05) is 0 Å². The summed E-state index contributed by atoms with van der Waals surface area (Å²) < 4.78 is 5.85. The van der Waals surface area contributed by atoms with Crippen LogP contribution in [0.3, 0.4) is 0 Å². The first kappa shape index (κ1) is 12.2. The molecule has 2 nitrogen and oxygen atoms in total. The van der Waals surface area contributed by atoms with Gasteiger partial charge in [0.05, 0.1) is 0 Å². The number of benzene rings is 2. The topological polar surface area (TPSA) is 29.5 Å². The zero-order chi connectivity index (χ0) is 13.5. The highest BCUT2D eigenvalue weighted by Crippen LogP contribution is 2.36. The molecule has 1 unspecified atom stereocenters. The van der Waals surface area contributed by atoms with Crippen molar-refractivity contribution in [3.63, 3.8) is 0 Å². The summed E-state index contributed by atoms with van der Waals surface area (Å²) in [6.45, 7) is 4.17. The maximum Gasteiger partial charge on any atom is 0.123 e. The number of hydrogen-bond donors (Lipinski definition) is 1. The Morgan fingerprint density at radius 3 is 2.53 bits per heavy atom. The maximum absolute atomic E-state index is 10.4. The van der Waals surface area contributed by atoms with E-state index in [2.05, 4.69) is 19.9 Å². The van der Waals surface area contributed by atoms with Crippen LogP contribution in [0.15, 0.2) is 48.5 Å². The lowest BCUT2D eigenvalue weighted by molar-refractivity contribution is 0.138. The molecule has 2 heteroatoms. The van der Waals surface area contributed by atoms with E-state index < -0.39 is 6.10 Å². The molecule has 2 aromatic rings. The van der Waals surface area contributed by atoms with Crippen molar-refractivity contribution in [3.8, 4) is 5.75 Å². The minimum Gasteiger partial charge on any atom is -0.487 e. The summed E-state index contributed by atoms with van der Waals surface area (Å²) in [6.07, 6.45) is 0.313. The Morgan fingerprint density at radius 2 is 1.79 bits per heavy atom. The number of aliphatic hydroxyl groups is 1. The second-order valence-corrected chi connectivity index (χ2v) is 5.72. The summed E-state index contributed by atoms with van der Waals surface area (Å²) in [5.74, 6) is 0.939. The summed E-state index contributed by atoms with van der Waals surface area (Å²) in [5, 5.41) is 10.4. The van der Waals surface area contributed by atoms with E-state index in [1.165, 1.54) is 5.56 Å². The molecule has 1 aliphatic heterocycles. The summed E-state index contributed by atoms with van der Waals surface area (Å²) in [6, 6.07) is 15.7. The van der Waals surface area contributed by atoms with E-state index in [4.69, 9.17) is 4.74 Å². The summed E-state index contributed by atoms with van der Waals surface area (Å²) in [7, 11) is 0. The van der Waals surface area contributed by atoms with Crippen LogP contribution >= 0.6 is 0 Å². The third kappa shape index (κ3) is 2.36. The molecule has 1 atom stereocenters. The largest absolute Gasteiger partial charge is 0.487 e. The minimum absolute atomic E-state index is 0.140. The monoisotopic (exact) mass is 254 g/mol. The fourth-order valence-corrected chi connectivity index (χ4v) is 2.63. The molecule has 0 bridgehead atoms. The summed E-state index contributed by atoms with van der Waals surface area (Å²) in [5.41, 5.74) is 2.88. The van der Waals surface area contributed by atoms with Crippen LogP contribution in [0.2, 0.25) is 0 Å². The molecule has 0 spiro atoms. The van der Waals surface area contributed by atoms with E-state index in [1.54, 1.807) is 0 Å². The molecule has 2 aromatic carbocycles. The molecule has 3 rings (SSSR count). The Morgan fingerprint density at radius 1 is 1.05 bits per heavy atom. The van der Waals surface area contributed by atoms with E-state index in [1.807, 2.05) is 42.5 Å². The van der Waals surface area contributed by atoms with Crippen molar-refractivity contribution in [2.24, 2.45) is 0 Å². The molecule has 19 heavy (non-hydrogen) atoms. The fraction of sp³-hybridized carbons (Fsp3) is 0.294. The van der Waals surface area contributed by atoms with Gasteiger partial charge in [0.25, 0.3) is 0 Å². The van der Waals surface area contributed by atoms with Crippen LogP contribution in [0, 0.1) is 0 Å². The predicted molar refractivity (Wildman–Crippen MR) is 75.4 cm³/mol. The van der Waals surface area contributed by atoms with Gasteiger partial charge in [-0.25, -0.2) is 0 Å². The van der Waals surface area contributed by atoms with Crippen molar-refractivity contribution in [3.05, 3.63) is 65.2 Å². The standard InChI is InChI=1S/C17H18O2/c1-17(2)11-14-10-13(8-9-15(14)19-17)16(18)12-6-4-3-5-7-12/h3-10,16,18H,11H2,1-2H3. The van der Waals surface area contributed by atoms with Gasteiger partial charge in [-0.3, -0.25) is 0 Å². The predicted octanol–water partition coefficient (Wildman–Crippen LogP) is 3.48. The first-order chi connectivity index (χ1) is 9.05. The van der Waals surface area contributed by atoms with Gasteiger partial charge in [-0.15, -0.1) is 0 Å². The van der Waals surface area contributed by atoms with Gasteiger partial charge in [-0.1, -0.05) is 36.4 Å². The van der Waals surface area contributed by atoms with Gasteiger partial charge in [0, 0.05) is 6.42 Å². The summed E-state index contributed by atoms with van der Waals surface area (Å²) in [4.78, 5) is 0. The van der Waals surface area contributed by atoms with Crippen molar-refractivity contribution < 1.29 is 9.84 Å². The van der Waals surface area contributed by atoms with E-state index in [0.29, 0.717) is 0 Å². The second-order valence-electron chi connectivity index (χ2n) is 5.72. The highest BCUT2D eigenvalue weighted by Gasteiger charge is 2.30. The van der Waals surface area contributed by atoms with Gasteiger partial charge in [-0.2, -0.15) is 0 Å². The van der Waals surface area contributed by atoms with E-state index in [0.717, 1.165) is 23.3 Å². The van der Waals surface area contributed by atoms with Crippen LogP contribution in [-0.2, 0) is 6.42 Å². The zero-order valence-electron chi connectivity index (χ0n) is 11.3. The van der Waals surface area contributed by atoms with Crippen molar-refractivity contribution in [1.29, 1.82) is 0 Å². The quantitative estimate of drug-likeness (QED) is 0.889. The molecule has 0 saturated carbocycles. The molecule has 0 fully saturated rings. The molecule has 0 amide bonds.